The van der Waals surface area contributed by atoms with Crippen LogP contribution in [0.2, 0.25) is 0 Å². The van der Waals surface area contributed by atoms with Crippen molar-refractivity contribution in [3.63, 3.8) is 0 Å². The van der Waals surface area contributed by atoms with E-state index in [1.165, 1.54) is 11.8 Å². The lowest BCUT2D eigenvalue weighted by atomic mass is 10.2. The molecule has 2 aromatic heterocycles. The predicted octanol–water partition coefficient (Wildman–Crippen LogP) is 5.13. The van der Waals surface area contributed by atoms with Gasteiger partial charge in [-0.2, -0.15) is 0 Å². The van der Waals surface area contributed by atoms with E-state index in [4.69, 9.17) is 0 Å². The van der Waals surface area contributed by atoms with Gasteiger partial charge in [0.2, 0.25) is 5.91 Å². The molecule has 1 N–H and O–H groups in total. The molecule has 4 rings (SSSR count). The molecule has 0 spiro atoms. The molecule has 30 heavy (non-hydrogen) atoms. The molecule has 0 unspecified atom stereocenters. The molecule has 0 aliphatic rings. The Hall–Kier alpha value is -2.97. The van der Waals surface area contributed by atoms with Crippen LogP contribution in [0.4, 0.5) is 5.69 Å². The number of hydrogen-bond acceptors (Lipinski definition) is 5. The Morgan fingerprint density at radius 3 is 2.50 bits per heavy atom. The molecule has 0 saturated carbocycles. The Labute approximate surface area is 186 Å². The van der Waals surface area contributed by atoms with Gasteiger partial charge in [-0.05, 0) is 55.0 Å². The van der Waals surface area contributed by atoms with Gasteiger partial charge in [0.1, 0.15) is 0 Å². The first-order chi connectivity index (χ1) is 14.6. The highest BCUT2D eigenvalue weighted by atomic mass is 79.9. The molecule has 6 nitrogen and oxygen atoms in total. The molecule has 0 aliphatic carbocycles. The van der Waals surface area contributed by atoms with Crippen LogP contribution in [0.1, 0.15) is 5.56 Å². The maximum Gasteiger partial charge on any atom is 0.234 e. The Bertz CT molecular complexity index is 1160. The monoisotopic (exact) mass is 479 g/mol. The van der Waals surface area contributed by atoms with Crippen LogP contribution in [0, 0.1) is 6.92 Å². The molecule has 0 bridgehead atoms. The van der Waals surface area contributed by atoms with Crippen LogP contribution in [-0.4, -0.2) is 31.4 Å². The number of anilines is 1. The first kappa shape index (κ1) is 20.3. The second-order valence-electron chi connectivity index (χ2n) is 6.51. The lowest BCUT2D eigenvalue weighted by Gasteiger charge is -2.11. The van der Waals surface area contributed by atoms with Crippen LogP contribution >= 0.6 is 27.7 Å². The van der Waals surface area contributed by atoms with Gasteiger partial charge >= 0.3 is 0 Å². The molecule has 0 atom stereocenters. The normalized spacial score (nSPS) is 10.7. The molecule has 2 heterocycles. The topological polar surface area (TPSA) is 72.7 Å². The molecule has 8 heteroatoms. The van der Waals surface area contributed by atoms with Crippen LogP contribution in [0.25, 0.3) is 17.1 Å². The number of rotatable bonds is 6. The number of hydrogen-bond donors (Lipinski definition) is 1. The molecule has 2 aromatic carbocycles. The van der Waals surface area contributed by atoms with Gasteiger partial charge < -0.3 is 5.32 Å². The van der Waals surface area contributed by atoms with E-state index in [9.17, 15) is 4.79 Å². The minimum atomic E-state index is -0.0925. The summed E-state index contributed by atoms with van der Waals surface area (Å²) in [6.07, 6.45) is 3.44. The number of amides is 1. The van der Waals surface area contributed by atoms with E-state index in [0.717, 1.165) is 27.0 Å². The molecule has 1 amide bonds. The summed E-state index contributed by atoms with van der Waals surface area (Å²) in [7, 11) is 0. The highest BCUT2D eigenvalue weighted by molar-refractivity contribution is 9.10. The number of halogens is 1. The summed E-state index contributed by atoms with van der Waals surface area (Å²) >= 11 is 4.82. The van der Waals surface area contributed by atoms with Crippen molar-refractivity contribution in [3.05, 3.63) is 83.1 Å². The molecular formula is C22H18BrN5OS. The standard InChI is InChI=1S/C22H18BrN5OS/c1-15-4-2-3-5-19(15)25-20(29)14-30-22-27-26-21(16-10-12-24-13-11-16)28(22)18-8-6-17(23)7-9-18/h2-13H,14H2,1H3,(H,25,29). The minimum Gasteiger partial charge on any atom is -0.325 e. The molecular weight excluding hydrogens is 462 g/mol. The second kappa shape index (κ2) is 9.23. The van der Waals surface area contributed by atoms with E-state index in [0.29, 0.717) is 11.0 Å². The number of aromatic nitrogens is 4. The van der Waals surface area contributed by atoms with Gasteiger partial charge in [0, 0.05) is 33.8 Å². The minimum absolute atomic E-state index is 0.0925. The first-order valence-corrected chi connectivity index (χ1v) is 11.0. The Morgan fingerprint density at radius 2 is 1.77 bits per heavy atom. The summed E-state index contributed by atoms with van der Waals surface area (Å²) in [4.78, 5) is 16.6. The third-order valence-corrected chi connectivity index (χ3v) is 5.87. The van der Waals surface area contributed by atoms with Gasteiger partial charge in [-0.3, -0.25) is 14.3 Å². The molecule has 4 aromatic rings. The van der Waals surface area contributed by atoms with E-state index in [-0.39, 0.29) is 11.7 Å². The maximum atomic E-state index is 12.5. The SMILES string of the molecule is Cc1ccccc1NC(=O)CSc1nnc(-c2ccncc2)n1-c1ccc(Br)cc1. The fourth-order valence-electron chi connectivity index (χ4n) is 2.90. The summed E-state index contributed by atoms with van der Waals surface area (Å²) in [5, 5.41) is 12.3. The Balaban J connectivity index is 1.60. The lowest BCUT2D eigenvalue weighted by molar-refractivity contribution is -0.113. The molecule has 0 radical (unpaired) electrons. The zero-order chi connectivity index (χ0) is 20.9. The molecule has 0 saturated heterocycles. The molecule has 0 fully saturated rings. The van der Waals surface area contributed by atoms with Gasteiger partial charge in [0.15, 0.2) is 11.0 Å². The number of thioether (sulfide) groups is 1. The summed E-state index contributed by atoms with van der Waals surface area (Å²) in [6.45, 7) is 1.97. The zero-order valence-corrected chi connectivity index (χ0v) is 18.5. The van der Waals surface area contributed by atoms with Gasteiger partial charge in [0.25, 0.3) is 0 Å². The maximum absolute atomic E-state index is 12.5. The number of carbonyl (C=O) groups is 1. The number of pyridine rings is 1. The smallest absolute Gasteiger partial charge is 0.234 e. The number of carbonyl (C=O) groups excluding carboxylic acids is 1. The zero-order valence-electron chi connectivity index (χ0n) is 16.1. The first-order valence-electron chi connectivity index (χ1n) is 9.22. The summed E-state index contributed by atoms with van der Waals surface area (Å²) in [6, 6.07) is 19.4. The van der Waals surface area contributed by atoms with Crippen molar-refractivity contribution in [1.82, 2.24) is 19.7 Å². The number of aryl methyl sites for hydroxylation is 1. The fourth-order valence-corrected chi connectivity index (χ4v) is 3.92. The number of nitrogens with one attached hydrogen (secondary N) is 1. The van der Waals surface area contributed by atoms with Crippen LogP contribution in [0.3, 0.4) is 0 Å². The average molecular weight is 480 g/mol. The average Bonchev–Trinajstić information content (AvgIpc) is 3.19. The van der Waals surface area contributed by atoms with Crippen molar-refractivity contribution in [2.24, 2.45) is 0 Å². The van der Waals surface area contributed by atoms with E-state index in [1.54, 1.807) is 12.4 Å². The summed E-state index contributed by atoms with van der Waals surface area (Å²) in [5.74, 6) is 0.825. The third kappa shape index (κ3) is 4.60. The van der Waals surface area contributed by atoms with Gasteiger partial charge in [-0.15, -0.1) is 10.2 Å². The van der Waals surface area contributed by atoms with Crippen LogP contribution in [0.15, 0.2) is 82.7 Å². The predicted molar refractivity (Wildman–Crippen MR) is 123 cm³/mol. The van der Waals surface area contributed by atoms with E-state index in [1.807, 2.05) is 72.2 Å². The van der Waals surface area contributed by atoms with Crippen molar-refractivity contribution < 1.29 is 4.79 Å². The van der Waals surface area contributed by atoms with E-state index < -0.39 is 0 Å². The van der Waals surface area contributed by atoms with Crippen LogP contribution < -0.4 is 5.32 Å². The lowest BCUT2D eigenvalue weighted by Crippen LogP contribution is -2.15. The van der Waals surface area contributed by atoms with Crippen molar-refractivity contribution >= 4 is 39.3 Å². The highest BCUT2D eigenvalue weighted by Gasteiger charge is 2.17. The van der Waals surface area contributed by atoms with Crippen molar-refractivity contribution in [2.75, 3.05) is 11.1 Å². The van der Waals surface area contributed by atoms with Crippen molar-refractivity contribution in [2.45, 2.75) is 12.1 Å². The molecule has 150 valence electrons. The van der Waals surface area contributed by atoms with Gasteiger partial charge in [-0.25, -0.2) is 0 Å². The molecule has 0 aliphatic heterocycles. The summed E-state index contributed by atoms with van der Waals surface area (Å²) < 4.78 is 2.93. The van der Waals surface area contributed by atoms with E-state index >= 15 is 0 Å². The Morgan fingerprint density at radius 1 is 1.03 bits per heavy atom. The van der Waals surface area contributed by atoms with Gasteiger partial charge in [0.05, 0.1) is 5.75 Å². The van der Waals surface area contributed by atoms with Crippen molar-refractivity contribution in [1.29, 1.82) is 0 Å². The number of nitrogens with zero attached hydrogens (tertiary/aromatic N) is 4. The third-order valence-electron chi connectivity index (χ3n) is 4.41. The Kier molecular flexibility index (Phi) is 6.25. The highest BCUT2D eigenvalue weighted by Crippen LogP contribution is 2.28. The van der Waals surface area contributed by atoms with Crippen LogP contribution in [-0.2, 0) is 4.79 Å². The summed E-state index contributed by atoms with van der Waals surface area (Å²) in [5.41, 5.74) is 3.65. The second-order valence-corrected chi connectivity index (χ2v) is 8.36. The van der Waals surface area contributed by atoms with Gasteiger partial charge in [-0.1, -0.05) is 45.9 Å². The quantitative estimate of drug-likeness (QED) is 0.388. The van der Waals surface area contributed by atoms with E-state index in [2.05, 4.69) is 36.4 Å². The number of benzene rings is 2. The van der Waals surface area contributed by atoms with Crippen LogP contribution in [0.5, 0.6) is 0 Å². The van der Waals surface area contributed by atoms with Crippen molar-refractivity contribution in [3.8, 4) is 17.1 Å². The fraction of sp³-hybridized carbons (Fsp3) is 0.0909. The largest absolute Gasteiger partial charge is 0.325 e. The number of para-hydroxylation sites is 1.